The number of anilines is 1. The average molecular weight is 449 g/mol. The molecule has 28 heavy (non-hydrogen) atoms. The average Bonchev–Trinajstić information content (AvgIpc) is 3.24. The minimum Gasteiger partial charge on any atom is -0.480 e. The predicted molar refractivity (Wildman–Crippen MR) is 113 cm³/mol. The summed E-state index contributed by atoms with van der Waals surface area (Å²) in [4.78, 5) is 18.0. The molecule has 0 radical (unpaired) electrons. The second kappa shape index (κ2) is 10.1. The Balaban J connectivity index is 1.60. The standard InChI is InChI=1S/C19H25BrN6O2/c1-3-7-21-18(22-8-6-15-5-4-13-28-15)25-9-11-26(12-10-25)19-23-14-16(20)17(24-19)27-2/h3-5,13-14H,1,6-12H2,2H3,(H,21,22). The summed E-state index contributed by atoms with van der Waals surface area (Å²) in [5, 5.41) is 3.35. The number of nitrogens with one attached hydrogen (secondary N) is 1. The van der Waals surface area contributed by atoms with Gasteiger partial charge < -0.3 is 24.3 Å². The first-order valence-corrected chi connectivity index (χ1v) is 9.98. The minimum atomic E-state index is 0.542. The van der Waals surface area contributed by atoms with Gasteiger partial charge in [-0.1, -0.05) is 6.08 Å². The molecular formula is C19H25BrN6O2. The van der Waals surface area contributed by atoms with Crippen LogP contribution in [0.2, 0.25) is 0 Å². The third-order valence-corrected chi connectivity index (χ3v) is 4.90. The highest BCUT2D eigenvalue weighted by molar-refractivity contribution is 9.10. The van der Waals surface area contributed by atoms with Crippen LogP contribution in [0.15, 0.2) is 51.1 Å². The monoisotopic (exact) mass is 448 g/mol. The first-order valence-electron chi connectivity index (χ1n) is 9.19. The molecule has 1 aliphatic rings. The zero-order chi connectivity index (χ0) is 19.8. The molecule has 0 bridgehead atoms. The fourth-order valence-corrected chi connectivity index (χ4v) is 3.27. The van der Waals surface area contributed by atoms with Gasteiger partial charge >= 0.3 is 0 Å². The van der Waals surface area contributed by atoms with Crippen molar-refractivity contribution in [2.75, 3.05) is 51.3 Å². The Morgan fingerprint density at radius 3 is 2.93 bits per heavy atom. The first-order chi connectivity index (χ1) is 13.7. The number of hydrogen-bond acceptors (Lipinski definition) is 6. The van der Waals surface area contributed by atoms with Crippen molar-refractivity contribution in [3.63, 3.8) is 0 Å². The molecule has 9 heteroatoms. The van der Waals surface area contributed by atoms with Crippen LogP contribution in [0, 0.1) is 0 Å². The Labute approximate surface area is 173 Å². The fraction of sp³-hybridized carbons (Fsp3) is 0.421. The molecule has 8 nitrogen and oxygen atoms in total. The highest BCUT2D eigenvalue weighted by atomic mass is 79.9. The van der Waals surface area contributed by atoms with Crippen LogP contribution in [0.5, 0.6) is 5.88 Å². The van der Waals surface area contributed by atoms with Crippen LogP contribution in [0.3, 0.4) is 0 Å². The van der Waals surface area contributed by atoms with E-state index in [0.717, 1.165) is 48.8 Å². The summed E-state index contributed by atoms with van der Waals surface area (Å²) in [6.07, 6.45) is 6.02. The zero-order valence-corrected chi connectivity index (χ0v) is 17.6. The van der Waals surface area contributed by atoms with E-state index in [-0.39, 0.29) is 0 Å². The molecule has 0 aromatic carbocycles. The number of piperazine rings is 1. The van der Waals surface area contributed by atoms with Gasteiger partial charge in [0.15, 0.2) is 5.96 Å². The van der Waals surface area contributed by atoms with Crippen molar-refractivity contribution in [3.8, 4) is 5.88 Å². The van der Waals surface area contributed by atoms with Crippen LogP contribution < -0.4 is 15.0 Å². The van der Waals surface area contributed by atoms with E-state index in [1.807, 2.05) is 18.2 Å². The predicted octanol–water partition coefficient (Wildman–Crippen LogP) is 2.34. The molecule has 150 valence electrons. The number of rotatable bonds is 7. The molecule has 3 rings (SSSR count). The van der Waals surface area contributed by atoms with Gasteiger partial charge in [-0.25, -0.2) is 4.98 Å². The third kappa shape index (κ3) is 5.25. The van der Waals surface area contributed by atoms with Gasteiger partial charge in [0.05, 0.1) is 24.0 Å². The van der Waals surface area contributed by atoms with Crippen LogP contribution in [-0.2, 0) is 6.42 Å². The van der Waals surface area contributed by atoms with E-state index in [2.05, 4.69) is 47.6 Å². The summed E-state index contributed by atoms with van der Waals surface area (Å²) in [6.45, 7) is 8.38. The molecule has 1 saturated heterocycles. The second-order valence-corrected chi connectivity index (χ2v) is 7.06. The lowest BCUT2D eigenvalue weighted by atomic mass is 10.3. The number of hydrogen-bond donors (Lipinski definition) is 1. The molecule has 2 aromatic heterocycles. The van der Waals surface area contributed by atoms with Crippen LogP contribution in [0.4, 0.5) is 5.95 Å². The molecular weight excluding hydrogens is 424 g/mol. The molecule has 0 unspecified atom stereocenters. The third-order valence-electron chi connectivity index (χ3n) is 4.36. The van der Waals surface area contributed by atoms with Crippen molar-refractivity contribution in [3.05, 3.63) is 47.5 Å². The first kappa shape index (κ1) is 20.2. The van der Waals surface area contributed by atoms with Gasteiger partial charge in [-0.15, -0.1) is 6.58 Å². The number of guanidine groups is 1. The topological polar surface area (TPSA) is 79.0 Å². The number of halogens is 1. The Hall–Kier alpha value is -2.55. The van der Waals surface area contributed by atoms with Crippen LogP contribution in [0.25, 0.3) is 0 Å². The minimum absolute atomic E-state index is 0.542. The lowest BCUT2D eigenvalue weighted by Gasteiger charge is -2.36. The van der Waals surface area contributed by atoms with Crippen molar-refractivity contribution in [2.24, 2.45) is 4.99 Å². The Morgan fingerprint density at radius 1 is 1.43 bits per heavy atom. The molecule has 1 N–H and O–H groups in total. The van der Waals surface area contributed by atoms with Crippen LogP contribution in [-0.4, -0.2) is 67.2 Å². The van der Waals surface area contributed by atoms with Gasteiger partial charge in [-0.3, -0.25) is 4.99 Å². The molecule has 1 aliphatic heterocycles. The van der Waals surface area contributed by atoms with Gasteiger partial charge in [0, 0.05) is 45.7 Å². The highest BCUT2D eigenvalue weighted by Gasteiger charge is 2.22. The number of ether oxygens (including phenoxy) is 1. The van der Waals surface area contributed by atoms with E-state index in [1.54, 1.807) is 19.6 Å². The molecule has 0 amide bonds. The lowest BCUT2D eigenvalue weighted by Crippen LogP contribution is -2.53. The number of aliphatic imine (C=N–C) groups is 1. The number of aromatic nitrogens is 2. The second-order valence-electron chi connectivity index (χ2n) is 6.21. The summed E-state index contributed by atoms with van der Waals surface area (Å²) < 4.78 is 11.4. The Morgan fingerprint density at radius 2 is 2.25 bits per heavy atom. The summed E-state index contributed by atoms with van der Waals surface area (Å²) in [7, 11) is 1.60. The van der Waals surface area contributed by atoms with E-state index in [4.69, 9.17) is 14.1 Å². The van der Waals surface area contributed by atoms with Gasteiger partial charge in [-0.2, -0.15) is 4.98 Å². The summed E-state index contributed by atoms with van der Waals surface area (Å²) in [6, 6.07) is 3.87. The Kier molecular flexibility index (Phi) is 7.30. The molecule has 1 fully saturated rings. The van der Waals surface area contributed by atoms with Crippen molar-refractivity contribution in [1.29, 1.82) is 0 Å². The van der Waals surface area contributed by atoms with Crippen LogP contribution >= 0.6 is 15.9 Å². The van der Waals surface area contributed by atoms with Crippen molar-refractivity contribution < 1.29 is 9.15 Å². The van der Waals surface area contributed by atoms with Crippen molar-refractivity contribution in [1.82, 2.24) is 20.2 Å². The number of nitrogens with zero attached hydrogens (tertiary/aromatic N) is 5. The zero-order valence-electron chi connectivity index (χ0n) is 16.0. The highest BCUT2D eigenvalue weighted by Crippen LogP contribution is 2.23. The SMILES string of the molecule is C=CCNC(=NCCc1ccco1)N1CCN(c2ncc(Br)c(OC)n2)CC1. The molecule has 0 atom stereocenters. The van der Waals surface area contributed by atoms with Gasteiger partial charge in [0.2, 0.25) is 11.8 Å². The summed E-state index contributed by atoms with van der Waals surface area (Å²) in [5.74, 6) is 3.05. The smallest absolute Gasteiger partial charge is 0.232 e. The van der Waals surface area contributed by atoms with Crippen molar-refractivity contribution in [2.45, 2.75) is 6.42 Å². The molecule has 0 saturated carbocycles. The maximum atomic E-state index is 5.38. The molecule has 2 aromatic rings. The van der Waals surface area contributed by atoms with Crippen LogP contribution in [0.1, 0.15) is 5.76 Å². The molecule has 0 aliphatic carbocycles. The normalized spacial score (nSPS) is 14.9. The van der Waals surface area contributed by atoms with E-state index in [1.165, 1.54) is 0 Å². The number of methoxy groups -OCH3 is 1. The fourth-order valence-electron chi connectivity index (χ4n) is 2.91. The maximum absolute atomic E-state index is 5.38. The maximum Gasteiger partial charge on any atom is 0.232 e. The number of furan rings is 1. The van der Waals surface area contributed by atoms with Crippen molar-refractivity contribution >= 4 is 27.8 Å². The van der Waals surface area contributed by atoms with Gasteiger partial charge in [0.25, 0.3) is 0 Å². The molecule has 3 heterocycles. The van der Waals surface area contributed by atoms with E-state index < -0.39 is 0 Å². The van der Waals surface area contributed by atoms with E-state index in [9.17, 15) is 0 Å². The van der Waals surface area contributed by atoms with Gasteiger partial charge in [-0.05, 0) is 28.1 Å². The quantitative estimate of drug-likeness (QED) is 0.395. The Bertz CT molecular complexity index is 788. The summed E-state index contributed by atoms with van der Waals surface area (Å²) in [5.41, 5.74) is 0. The largest absolute Gasteiger partial charge is 0.480 e. The lowest BCUT2D eigenvalue weighted by molar-refractivity contribution is 0.366. The van der Waals surface area contributed by atoms with Gasteiger partial charge in [0.1, 0.15) is 5.76 Å². The van der Waals surface area contributed by atoms with E-state index >= 15 is 0 Å². The van der Waals surface area contributed by atoms with E-state index in [0.29, 0.717) is 24.9 Å². The molecule has 0 spiro atoms. The summed E-state index contributed by atoms with van der Waals surface area (Å²) >= 11 is 3.39.